The summed E-state index contributed by atoms with van der Waals surface area (Å²) in [7, 11) is 0. The molecule has 1 saturated heterocycles. The van der Waals surface area contributed by atoms with Gasteiger partial charge in [-0.15, -0.1) is 0 Å². The fourth-order valence-corrected chi connectivity index (χ4v) is 4.04. The molecule has 2 N–H and O–H groups in total. The molecule has 7 heteroatoms. The summed E-state index contributed by atoms with van der Waals surface area (Å²) in [5.41, 5.74) is 2.91. The second kappa shape index (κ2) is 7.53. The molecule has 4 heterocycles. The van der Waals surface area contributed by atoms with Crippen LogP contribution in [0.4, 0.5) is 0 Å². The Hall–Kier alpha value is -4.26. The topological polar surface area (TPSA) is 99.2 Å². The minimum absolute atomic E-state index is 0.0600. The molecule has 0 spiro atoms. The number of aromatic amines is 1. The number of fused-ring (bicyclic) bond motifs is 1. The van der Waals surface area contributed by atoms with Gasteiger partial charge in [0.2, 0.25) is 0 Å². The quantitative estimate of drug-likeness (QED) is 0.304. The minimum atomic E-state index is -0.746. The molecule has 0 radical (unpaired) electrons. The molecule has 1 atom stereocenters. The van der Waals surface area contributed by atoms with Gasteiger partial charge in [0.05, 0.1) is 11.6 Å². The summed E-state index contributed by atoms with van der Waals surface area (Å²) in [4.78, 5) is 39.0. The number of rotatable bonds is 4. The van der Waals surface area contributed by atoms with E-state index in [1.165, 1.54) is 17.3 Å². The van der Waals surface area contributed by atoms with E-state index in [0.29, 0.717) is 5.56 Å². The number of Topliss-reactive ketones (excluding diaryl/α,β-unsaturated/α-hetero) is 1. The first kappa shape index (κ1) is 18.7. The lowest BCUT2D eigenvalue weighted by molar-refractivity contribution is -0.140. The van der Waals surface area contributed by atoms with Gasteiger partial charge in [0, 0.05) is 59.6 Å². The molecule has 1 aromatic carbocycles. The third kappa shape index (κ3) is 3.16. The third-order valence-corrected chi connectivity index (χ3v) is 5.49. The van der Waals surface area contributed by atoms with Crippen LogP contribution >= 0.6 is 0 Å². The molecular formula is C24H18N4O3. The number of aliphatic hydroxyl groups is 1. The number of hydrogen-bond acceptors (Lipinski definition) is 5. The molecule has 1 amide bonds. The Labute approximate surface area is 177 Å². The van der Waals surface area contributed by atoms with Gasteiger partial charge in [-0.3, -0.25) is 19.6 Å². The summed E-state index contributed by atoms with van der Waals surface area (Å²) < 4.78 is 0. The van der Waals surface area contributed by atoms with Crippen molar-refractivity contribution >= 4 is 28.4 Å². The van der Waals surface area contributed by atoms with Gasteiger partial charge >= 0.3 is 0 Å². The van der Waals surface area contributed by atoms with Gasteiger partial charge in [-0.25, -0.2) is 0 Å². The second-order valence-corrected chi connectivity index (χ2v) is 7.31. The van der Waals surface area contributed by atoms with Crippen molar-refractivity contribution in [1.29, 1.82) is 0 Å². The lowest BCUT2D eigenvalue weighted by Crippen LogP contribution is -2.29. The summed E-state index contributed by atoms with van der Waals surface area (Å²) in [6.07, 6.45) is 8.16. The van der Waals surface area contributed by atoms with Crippen molar-refractivity contribution in [2.45, 2.75) is 12.6 Å². The number of para-hydroxylation sites is 1. The van der Waals surface area contributed by atoms with Crippen LogP contribution in [0.15, 0.2) is 85.1 Å². The molecule has 0 bridgehead atoms. The molecule has 1 unspecified atom stereocenters. The number of H-pyrrole nitrogens is 1. The van der Waals surface area contributed by atoms with E-state index in [0.717, 1.165) is 22.0 Å². The smallest absolute Gasteiger partial charge is 0.295 e. The maximum absolute atomic E-state index is 13.1. The number of likely N-dealkylation sites (tertiary alicyclic amines) is 1. The Morgan fingerprint density at radius 2 is 1.81 bits per heavy atom. The van der Waals surface area contributed by atoms with Crippen LogP contribution < -0.4 is 0 Å². The Morgan fingerprint density at radius 1 is 1.00 bits per heavy atom. The minimum Gasteiger partial charge on any atom is -0.507 e. The molecule has 31 heavy (non-hydrogen) atoms. The van der Waals surface area contributed by atoms with E-state index < -0.39 is 17.7 Å². The molecule has 152 valence electrons. The van der Waals surface area contributed by atoms with Crippen molar-refractivity contribution in [3.05, 3.63) is 102 Å². The summed E-state index contributed by atoms with van der Waals surface area (Å²) in [5, 5.41) is 11.9. The zero-order valence-electron chi connectivity index (χ0n) is 16.4. The van der Waals surface area contributed by atoms with Gasteiger partial charge in [-0.2, -0.15) is 0 Å². The van der Waals surface area contributed by atoms with Gasteiger partial charge in [0.1, 0.15) is 5.76 Å². The highest BCUT2D eigenvalue weighted by molar-refractivity contribution is 6.46. The summed E-state index contributed by atoms with van der Waals surface area (Å²) in [6.45, 7) is 0.190. The molecule has 0 saturated carbocycles. The third-order valence-electron chi connectivity index (χ3n) is 5.49. The van der Waals surface area contributed by atoms with Crippen LogP contribution in [0.1, 0.15) is 22.7 Å². The van der Waals surface area contributed by atoms with Gasteiger partial charge in [0.25, 0.3) is 11.7 Å². The van der Waals surface area contributed by atoms with Crippen molar-refractivity contribution in [3.8, 4) is 0 Å². The number of benzene rings is 1. The number of ketones is 1. The molecule has 1 aliphatic heterocycles. The van der Waals surface area contributed by atoms with Crippen molar-refractivity contribution in [2.24, 2.45) is 0 Å². The fourth-order valence-electron chi connectivity index (χ4n) is 4.04. The summed E-state index contributed by atoms with van der Waals surface area (Å²) in [5.74, 6) is -1.59. The van der Waals surface area contributed by atoms with Crippen LogP contribution in [0.25, 0.3) is 16.7 Å². The Bertz CT molecular complexity index is 1310. The number of hydrogen-bond donors (Lipinski definition) is 2. The molecule has 0 aliphatic carbocycles. The molecule has 1 fully saturated rings. The standard InChI is InChI=1S/C24H18N4O3/c29-22(16-7-10-25-11-8-16)20-21(18-13-27-19-6-2-1-5-17(18)19)28(24(31)23(20)30)14-15-4-3-9-26-12-15/h1-13,21,27,29H,14H2/b22-20+. The van der Waals surface area contributed by atoms with E-state index in [4.69, 9.17) is 0 Å². The van der Waals surface area contributed by atoms with Gasteiger partial charge in [0.15, 0.2) is 0 Å². The van der Waals surface area contributed by atoms with E-state index >= 15 is 0 Å². The maximum Gasteiger partial charge on any atom is 0.295 e. The van der Waals surface area contributed by atoms with Crippen LogP contribution in [0.2, 0.25) is 0 Å². The lowest BCUT2D eigenvalue weighted by atomic mass is 9.95. The highest BCUT2D eigenvalue weighted by Crippen LogP contribution is 2.42. The zero-order valence-corrected chi connectivity index (χ0v) is 16.4. The van der Waals surface area contributed by atoms with Crippen LogP contribution in [0, 0.1) is 0 Å². The number of pyridine rings is 2. The van der Waals surface area contributed by atoms with E-state index in [-0.39, 0.29) is 17.9 Å². The average Bonchev–Trinajstić information content (AvgIpc) is 3.34. The summed E-state index contributed by atoms with van der Waals surface area (Å²) in [6, 6.07) is 13.8. The Morgan fingerprint density at radius 3 is 2.58 bits per heavy atom. The normalized spacial score (nSPS) is 18.1. The first-order chi connectivity index (χ1) is 15.1. The van der Waals surface area contributed by atoms with Crippen molar-refractivity contribution in [3.63, 3.8) is 0 Å². The SMILES string of the molecule is O=C1C(=O)N(Cc2cccnc2)C(c2c[nH]c3ccccc23)/C1=C(\O)c1ccncc1. The number of carbonyl (C=O) groups is 2. The van der Waals surface area contributed by atoms with Crippen LogP contribution in [0.3, 0.4) is 0 Å². The van der Waals surface area contributed by atoms with E-state index in [2.05, 4.69) is 15.0 Å². The van der Waals surface area contributed by atoms with Crippen molar-refractivity contribution < 1.29 is 14.7 Å². The molecule has 5 rings (SSSR count). The largest absolute Gasteiger partial charge is 0.507 e. The number of amides is 1. The monoisotopic (exact) mass is 410 g/mol. The van der Waals surface area contributed by atoms with Crippen LogP contribution in [0.5, 0.6) is 0 Å². The van der Waals surface area contributed by atoms with Gasteiger partial charge in [-0.05, 0) is 29.8 Å². The van der Waals surface area contributed by atoms with Gasteiger partial charge in [-0.1, -0.05) is 24.3 Å². The molecule has 4 aromatic rings. The van der Waals surface area contributed by atoms with E-state index in [9.17, 15) is 14.7 Å². The fraction of sp³-hybridized carbons (Fsp3) is 0.0833. The van der Waals surface area contributed by atoms with Crippen LogP contribution in [-0.4, -0.2) is 36.6 Å². The van der Waals surface area contributed by atoms with Crippen LogP contribution in [-0.2, 0) is 16.1 Å². The lowest BCUT2D eigenvalue weighted by Gasteiger charge is -2.24. The Kier molecular flexibility index (Phi) is 4.55. The summed E-state index contributed by atoms with van der Waals surface area (Å²) >= 11 is 0. The Balaban J connectivity index is 1.71. The first-order valence-electron chi connectivity index (χ1n) is 9.79. The first-order valence-corrected chi connectivity index (χ1v) is 9.79. The van der Waals surface area contributed by atoms with E-state index in [1.54, 1.807) is 36.8 Å². The number of aromatic nitrogens is 3. The highest BCUT2D eigenvalue weighted by Gasteiger charge is 2.46. The molecule has 7 nitrogen and oxygen atoms in total. The predicted molar refractivity (Wildman–Crippen MR) is 115 cm³/mol. The average molecular weight is 410 g/mol. The number of carbonyl (C=O) groups excluding carboxylic acids is 2. The second-order valence-electron chi connectivity index (χ2n) is 7.31. The molecular weight excluding hydrogens is 392 g/mol. The van der Waals surface area contributed by atoms with Crippen molar-refractivity contribution in [1.82, 2.24) is 19.9 Å². The maximum atomic E-state index is 13.1. The number of aliphatic hydroxyl groups excluding tert-OH is 1. The molecule has 3 aromatic heterocycles. The number of nitrogens with zero attached hydrogens (tertiary/aromatic N) is 3. The van der Waals surface area contributed by atoms with Crippen molar-refractivity contribution in [2.75, 3.05) is 0 Å². The number of nitrogens with one attached hydrogen (secondary N) is 1. The predicted octanol–water partition coefficient (Wildman–Crippen LogP) is 3.58. The van der Waals surface area contributed by atoms with Gasteiger partial charge < -0.3 is 15.0 Å². The molecule has 1 aliphatic rings. The highest BCUT2D eigenvalue weighted by atomic mass is 16.3. The zero-order chi connectivity index (χ0) is 21.4. The van der Waals surface area contributed by atoms with E-state index in [1.807, 2.05) is 30.3 Å².